The summed E-state index contributed by atoms with van der Waals surface area (Å²) < 4.78 is 4.69. The number of anilines is 1. The fraction of sp³-hybridized carbons (Fsp3) is 0.462. The number of benzene rings is 1. The number of carbonyl (C=O) groups is 1. The van der Waals surface area contributed by atoms with Crippen molar-refractivity contribution in [3.63, 3.8) is 0 Å². The molecule has 1 N–H and O–H groups in total. The van der Waals surface area contributed by atoms with Gasteiger partial charge in [-0.25, -0.2) is 0 Å². The molecule has 1 aliphatic heterocycles. The molecule has 3 heteroatoms. The van der Waals surface area contributed by atoms with E-state index in [1.807, 2.05) is 0 Å². The second-order valence-electron chi connectivity index (χ2n) is 4.32. The van der Waals surface area contributed by atoms with Crippen molar-refractivity contribution in [2.75, 3.05) is 12.4 Å². The summed E-state index contributed by atoms with van der Waals surface area (Å²) in [6.45, 7) is 2.08. The smallest absolute Gasteiger partial charge is 0.307 e. The van der Waals surface area contributed by atoms with Gasteiger partial charge < -0.3 is 10.1 Å². The number of fused-ring (bicyclic) bond motifs is 1. The van der Waals surface area contributed by atoms with Crippen LogP contribution in [0, 0.1) is 6.92 Å². The Morgan fingerprint density at radius 3 is 3.12 bits per heavy atom. The molecular weight excluding hydrogens is 202 g/mol. The minimum atomic E-state index is -0.145. The zero-order valence-electron chi connectivity index (χ0n) is 9.75. The minimum Gasteiger partial charge on any atom is -0.469 e. The van der Waals surface area contributed by atoms with Gasteiger partial charge in [-0.05, 0) is 37.0 Å². The van der Waals surface area contributed by atoms with Gasteiger partial charge in [0.1, 0.15) is 0 Å². The highest BCUT2D eigenvalue weighted by Crippen LogP contribution is 2.26. The summed E-state index contributed by atoms with van der Waals surface area (Å²) in [7, 11) is 1.43. The summed E-state index contributed by atoms with van der Waals surface area (Å²) in [6, 6.07) is 6.63. The molecule has 2 rings (SSSR count). The number of aryl methyl sites for hydroxylation is 2. The standard InChI is InChI=1S/C13H17NO2/c1-9-3-4-10-5-6-11(8-13(15)16-2)14-12(10)7-9/h3-4,7,11,14H,5-6,8H2,1-2H3. The van der Waals surface area contributed by atoms with Gasteiger partial charge in [0.05, 0.1) is 13.5 Å². The van der Waals surface area contributed by atoms with Crippen molar-refractivity contribution < 1.29 is 9.53 Å². The minimum absolute atomic E-state index is 0.145. The maximum Gasteiger partial charge on any atom is 0.307 e. The van der Waals surface area contributed by atoms with Crippen LogP contribution in [0.4, 0.5) is 5.69 Å². The summed E-state index contributed by atoms with van der Waals surface area (Å²) >= 11 is 0. The predicted octanol–water partition coefficient (Wildman–Crippen LogP) is 2.28. The Kier molecular flexibility index (Phi) is 3.13. The highest BCUT2D eigenvalue weighted by atomic mass is 16.5. The molecule has 0 fully saturated rings. The fourth-order valence-corrected chi connectivity index (χ4v) is 2.10. The van der Waals surface area contributed by atoms with Crippen LogP contribution in [0.1, 0.15) is 24.0 Å². The molecule has 1 atom stereocenters. The zero-order chi connectivity index (χ0) is 11.5. The molecule has 0 spiro atoms. The van der Waals surface area contributed by atoms with E-state index in [0.717, 1.165) is 12.8 Å². The van der Waals surface area contributed by atoms with E-state index >= 15 is 0 Å². The Labute approximate surface area is 95.8 Å². The highest BCUT2D eigenvalue weighted by molar-refractivity contribution is 5.71. The number of esters is 1. The van der Waals surface area contributed by atoms with Crippen LogP contribution < -0.4 is 5.32 Å². The van der Waals surface area contributed by atoms with Gasteiger partial charge in [-0.3, -0.25) is 4.79 Å². The monoisotopic (exact) mass is 219 g/mol. The third-order valence-electron chi connectivity index (χ3n) is 3.03. The van der Waals surface area contributed by atoms with E-state index in [2.05, 4.69) is 35.2 Å². The van der Waals surface area contributed by atoms with Gasteiger partial charge >= 0.3 is 5.97 Å². The van der Waals surface area contributed by atoms with E-state index in [9.17, 15) is 4.79 Å². The molecule has 1 aromatic carbocycles. The SMILES string of the molecule is COC(=O)CC1CCc2ccc(C)cc2N1. The Morgan fingerprint density at radius 1 is 1.56 bits per heavy atom. The zero-order valence-corrected chi connectivity index (χ0v) is 9.75. The first-order valence-corrected chi connectivity index (χ1v) is 5.62. The first kappa shape index (κ1) is 11.0. The number of ether oxygens (including phenoxy) is 1. The van der Waals surface area contributed by atoms with Gasteiger partial charge in [0, 0.05) is 11.7 Å². The van der Waals surface area contributed by atoms with E-state index < -0.39 is 0 Å². The van der Waals surface area contributed by atoms with Crippen molar-refractivity contribution in [3.8, 4) is 0 Å². The largest absolute Gasteiger partial charge is 0.469 e. The molecule has 1 heterocycles. The van der Waals surface area contributed by atoms with Crippen molar-refractivity contribution >= 4 is 11.7 Å². The lowest BCUT2D eigenvalue weighted by Gasteiger charge is -2.26. The number of carbonyl (C=O) groups excluding carboxylic acids is 1. The third-order valence-corrected chi connectivity index (χ3v) is 3.03. The van der Waals surface area contributed by atoms with Crippen LogP contribution in [0.25, 0.3) is 0 Å². The third kappa shape index (κ3) is 2.35. The maximum absolute atomic E-state index is 11.2. The Hall–Kier alpha value is -1.51. The molecule has 0 aliphatic carbocycles. The first-order valence-electron chi connectivity index (χ1n) is 5.62. The average Bonchev–Trinajstić information content (AvgIpc) is 2.28. The number of nitrogens with one attached hydrogen (secondary N) is 1. The Morgan fingerprint density at radius 2 is 2.38 bits per heavy atom. The summed E-state index contributed by atoms with van der Waals surface area (Å²) in [5, 5.41) is 3.40. The normalized spacial score (nSPS) is 18.5. The molecule has 0 saturated carbocycles. The topological polar surface area (TPSA) is 38.3 Å². The van der Waals surface area contributed by atoms with Gasteiger partial charge in [0.2, 0.25) is 0 Å². The molecule has 0 radical (unpaired) electrons. The van der Waals surface area contributed by atoms with Crippen molar-refractivity contribution in [3.05, 3.63) is 29.3 Å². The summed E-state index contributed by atoms with van der Waals surface area (Å²) in [5.41, 5.74) is 3.75. The van der Waals surface area contributed by atoms with Gasteiger partial charge in [-0.2, -0.15) is 0 Å². The lowest BCUT2D eigenvalue weighted by atomic mass is 9.95. The Bertz CT molecular complexity index is 401. The van der Waals surface area contributed by atoms with E-state index in [1.165, 1.54) is 23.9 Å². The predicted molar refractivity (Wildman–Crippen MR) is 63.5 cm³/mol. The molecule has 1 aliphatic rings. The van der Waals surface area contributed by atoms with Crippen molar-refractivity contribution in [2.45, 2.75) is 32.2 Å². The summed E-state index contributed by atoms with van der Waals surface area (Å²) in [6.07, 6.45) is 2.47. The quantitative estimate of drug-likeness (QED) is 0.775. The van der Waals surface area contributed by atoms with Crippen LogP contribution in [-0.2, 0) is 16.0 Å². The highest BCUT2D eigenvalue weighted by Gasteiger charge is 2.20. The number of hydrogen-bond donors (Lipinski definition) is 1. The lowest BCUT2D eigenvalue weighted by molar-refractivity contribution is -0.140. The van der Waals surface area contributed by atoms with Gasteiger partial charge in [0.15, 0.2) is 0 Å². The molecule has 1 aromatic rings. The summed E-state index contributed by atoms with van der Waals surface area (Å²) in [4.78, 5) is 11.2. The molecule has 0 bridgehead atoms. The van der Waals surface area contributed by atoms with Crippen molar-refractivity contribution in [2.24, 2.45) is 0 Å². The lowest BCUT2D eigenvalue weighted by Crippen LogP contribution is -2.28. The second kappa shape index (κ2) is 4.56. The van der Waals surface area contributed by atoms with Crippen molar-refractivity contribution in [1.82, 2.24) is 0 Å². The molecule has 0 aromatic heterocycles. The van der Waals surface area contributed by atoms with Crippen LogP contribution in [-0.4, -0.2) is 19.1 Å². The van der Waals surface area contributed by atoms with E-state index in [4.69, 9.17) is 0 Å². The molecular formula is C13H17NO2. The number of rotatable bonds is 2. The molecule has 16 heavy (non-hydrogen) atoms. The second-order valence-corrected chi connectivity index (χ2v) is 4.32. The van der Waals surface area contributed by atoms with E-state index in [0.29, 0.717) is 6.42 Å². The summed E-state index contributed by atoms with van der Waals surface area (Å²) in [5.74, 6) is -0.145. The van der Waals surface area contributed by atoms with Gasteiger partial charge in [-0.1, -0.05) is 12.1 Å². The van der Waals surface area contributed by atoms with Gasteiger partial charge in [-0.15, -0.1) is 0 Å². The average molecular weight is 219 g/mol. The van der Waals surface area contributed by atoms with Crippen LogP contribution in [0.15, 0.2) is 18.2 Å². The number of methoxy groups -OCH3 is 1. The van der Waals surface area contributed by atoms with Crippen LogP contribution in [0.5, 0.6) is 0 Å². The van der Waals surface area contributed by atoms with Crippen LogP contribution >= 0.6 is 0 Å². The maximum atomic E-state index is 11.2. The van der Waals surface area contributed by atoms with E-state index in [1.54, 1.807) is 0 Å². The number of hydrogen-bond acceptors (Lipinski definition) is 3. The van der Waals surface area contributed by atoms with E-state index in [-0.39, 0.29) is 12.0 Å². The molecule has 86 valence electrons. The van der Waals surface area contributed by atoms with Crippen LogP contribution in [0.2, 0.25) is 0 Å². The molecule has 0 saturated heterocycles. The fourth-order valence-electron chi connectivity index (χ4n) is 2.10. The van der Waals surface area contributed by atoms with Crippen LogP contribution in [0.3, 0.4) is 0 Å². The molecule has 0 amide bonds. The van der Waals surface area contributed by atoms with Gasteiger partial charge in [0.25, 0.3) is 0 Å². The first-order chi connectivity index (χ1) is 7.69. The molecule has 3 nitrogen and oxygen atoms in total. The Balaban J connectivity index is 2.08. The van der Waals surface area contributed by atoms with Crippen molar-refractivity contribution in [1.29, 1.82) is 0 Å². The molecule has 1 unspecified atom stereocenters.